The lowest BCUT2D eigenvalue weighted by Crippen LogP contribution is -2.28. The van der Waals surface area contributed by atoms with Crippen LogP contribution in [0, 0.1) is 6.92 Å². The number of anilines is 1. The van der Waals surface area contributed by atoms with E-state index in [0.29, 0.717) is 23.4 Å². The molecule has 0 radical (unpaired) electrons. The van der Waals surface area contributed by atoms with E-state index < -0.39 is 0 Å². The molecule has 1 aliphatic heterocycles. The van der Waals surface area contributed by atoms with Crippen LogP contribution < -0.4 is 5.32 Å². The van der Waals surface area contributed by atoms with E-state index in [2.05, 4.69) is 27.3 Å². The zero-order valence-electron chi connectivity index (χ0n) is 23.9. The third-order valence-electron chi connectivity index (χ3n) is 7.99. The van der Waals surface area contributed by atoms with Gasteiger partial charge in [0.05, 0.1) is 23.4 Å². The van der Waals surface area contributed by atoms with Crippen LogP contribution in [0.2, 0.25) is 0 Å². The number of rotatable bonds is 8. The molecule has 6 heteroatoms. The molecule has 1 saturated heterocycles. The molecule has 0 atom stereocenters. The Labute approximate surface area is 246 Å². The summed E-state index contributed by atoms with van der Waals surface area (Å²) in [5, 5.41) is 15.0. The molecule has 0 aliphatic carbocycles. The summed E-state index contributed by atoms with van der Waals surface area (Å²) in [7, 11) is 0. The zero-order chi connectivity index (χ0) is 28.9. The number of amides is 1. The minimum absolute atomic E-state index is 0.0395. The van der Waals surface area contributed by atoms with Gasteiger partial charge in [0.2, 0.25) is 5.91 Å². The van der Waals surface area contributed by atoms with Crippen molar-refractivity contribution < 1.29 is 9.90 Å². The number of fused-ring (bicyclic) bond motifs is 1. The fourth-order valence-corrected chi connectivity index (χ4v) is 5.72. The summed E-state index contributed by atoms with van der Waals surface area (Å²) in [6, 6.07) is 31.8. The van der Waals surface area contributed by atoms with Gasteiger partial charge in [-0.15, -0.1) is 0 Å². The Bertz CT molecular complexity index is 1720. The Morgan fingerprint density at radius 2 is 1.64 bits per heavy atom. The summed E-state index contributed by atoms with van der Waals surface area (Å²) >= 11 is 0. The van der Waals surface area contributed by atoms with Crippen LogP contribution in [0.3, 0.4) is 0 Å². The molecular formula is C36H36N4O2. The number of hydrogen-bond donors (Lipinski definition) is 3. The Morgan fingerprint density at radius 3 is 2.40 bits per heavy atom. The quantitative estimate of drug-likeness (QED) is 0.173. The molecule has 1 aromatic heterocycles. The normalized spacial score (nSPS) is 14.3. The number of H-pyrrole nitrogens is 1. The number of hydrogen-bond acceptors (Lipinski definition) is 4. The van der Waals surface area contributed by atoms with Gasteiger partial charge >= 0.3 is 0 Å². The molecular weight excluding hydrogens is 520 g/mol. The highest BCUT2D eigenvalue weighted by atomic mass is 16.3. The third-order valence-corrected chi connectivity index (χ3v) is 7.99. The Morgan fingerprint density at radius 1 is 0.905 bits per heavy atom. The molecule has 3 N–H and O–H groups in total. The van der Waals surface area contributed by atoms with Crippen LogP contribution in [0.1, 0.15) is 47.1 Å². The highest BCUT2D eigenvalue weighted by Crippen LogP contribution is 2.33. The van der Waals surface area contributed by atoms with Crippen molar-refractivity contribution in [2.45, 2.75) is 39.2 Å². The Hall–Kier alpha value is -4.68. The molecule has 0 saturated carbocycles. The van der Waals surface area contributed by atoms with Gasteiger partial charge < -0.3 is 15.4 Å². The number of nitrogens with zero attached hydrogens (tertiary/aromatic N) is 2. The lowest BCUT2D eigenvalue weighted by Gasteiger charge is -2.26. The van der Waals surface area contributed by atoms with Gasteiger partial charge in [-0.1, -0.05) is 73.2 Å². The summed E-state index contributed by atoms with van der Waals surface area (Å²) in [6.07, 6.45) is 4.17. The molecule has 1 aliphatic rings. The smallest absolute Gasteiger partial charge is 0.228 e. The first-order valence-corrected chi connectivity index (χ1v) is 14.7. The summed E-state index contributed by atoms with van der Waals surface area (Å²) in [4.78, 5) is 23.6. The van der Waals surface area contributed by atoms with Gasteiger partial charge in [-0.05, 0) is 79.9 Å². The number of aromatic nitrogens is 1. The predicted molar refractivity (Wildman–Crippen MR) is 171 cm³/mol. The van der Waals surface area contributed by atoms with Crippen LogP contribution in [0.15, 0.2) is 102 Å². The maximum atomic E-state index is 12.9. The van der Waals surface area contributed by atoms with E-state index in [4.69, 9.17) is 4.99 Å². The van der Waals surface area contributed by atoms with Crippen molar-refractivity contribution in [2.24, 2.45) is 4.99 Å². The molecule has 2 heterocycles. The monoisotopic (exact) mass is 556 g/mol. The fourth-order valence-electron chi connectivity index (χ4n) is 5.72. The Balaban J connectivity index is 1.32. The first-order chi connectivity index (χ1) is 20.5. The average molecular weight is 557 g/mol. The third kappa shape index (κ3) is 6.29. The first kappa shape index (κ1) is 27.5. The van der Waals surface area contributed by atoms with Gasteiger partial charge in [-0.2, -0.15) is 0 Å². The van der Waals surface area contributed by atoms with Crippen molar-refractivity contribution in [3.63, 3.8) is 0 Å². The minimum Gasteiger partial charge on any atom is -0.494 e. The van der Waals surface area contributed by atoms with Crippen LogP contribution in [-0.4, -0.2) is 39.7 Å². The fraction of sp³-hybridized carbons (Fsp3) is 0.222. The molecule has 0 unspecified atom stereocenters. The number of carbonyl (C=O) groups excluding carboxylic acids is 1. The van der Waals surface area contributed by atoms with Gasteiger partial charge in [0.15, 0.2) is 5.88 Å². The topological polar surface area (TPSA) is 80.7 Å². The number of piperidine rings is 1. The molecule has 5 aromatic rings. The van der Waals surface area contributed by atoms with Crippen LogP contribution in [-0.2, 0) is 17.8 Å². The van der Waals surface area contributed by atoms with E-state index in [1.165, 1.54) is 24.8 Å². The van der Waals surface area contributed by atoms with E-state index >= 15 is 0 Å². The molecule has 6 rings (SSSR count). The highest BCUT2D eigenvalue weighted by Gasteiger charge is 2.20. The maximum Gasteiger partial charge on any atom is 0.228 e. The second-order valence-corrected chi connectivity index (χ2v) is 11.1. The minimum atomic E-state index is -0.0912. The summed E-state index contributed by atoms with van der Waals surface area (Å²) in [6.45, 7) is 5.28. The summed E-state index contributed by atoms with van der Waals surface area (Å²) in [5.74, 6) is -0.0516. The van der Waals surface area contributed by atoms with Gasteiger partial charge in [0.1, 0.15) is 0 Å². The number of benzene rings is 4. The van der Waals surface area contributed by atoms with Crippen molar-refractivity contribution in [3.8, 4) is 5.88 Å². The second-order valence-electron chi connectivity index (χ2n) is 11.1. The number of aliphatic imine (C=N–C) groups is 1. The number of nitrogens with one attached hydrogen (secondary N) is 2. The van der Waals surface area contributed by atoms with E-state index in [9.17, 15) is 9.90 Å². The van der Waals surface area contributed by atoms with E-state index in [-0.39, 0.29) is 11.8 Å². The number of carbonyl (C=O) groups is 1. The molecule has 6 nitrogen and oxygen atoms in total. The molecule has 0 bridgehead atoms. The van der Waals surface area contributed by atoms with Gasteiger partial charge in [-0.3, -0.25) is 9.69 Å². The van der Waals surface area contributed by atoms with Crippen LogP contribution in [0.25, 0.3) is 10.9 Å². The van der Waals surface area contributed by atoms with Crippen molar-refractivity contribution >= 4 is 33.9 Å². The van der Waals surface area contributed by atoms with Crippen LogP contribution in [0.5, 0.6) is 5.88 Å². The van der Waals surface area contributed by atoms with E-state index in [1.807, 2.05) is 91.9 Å². The van der Waals surface area contributed by atoms with Crippen molar-refractivity contribution in [2.75, 3.05) is 18.4 Å². The number of aromatic amines is 1. The van der Waals surface area contributed by atoms with Gasteiger partial charge in [0.25, 0.3) is 0 Å². The molecule has 1 amide bonds. The van der Waals surface area contributed by atoms with Crippen molar-refractivity contribution in [3.05, 3.63) is 125 Å². The van der Waals surface area contributed by atoms with Gasteiger partial charge in [-0.25, -0.2) is 4.99 Å². The largest absolute Gasteiger partial charge is 0.494 e. The second kappa shape index (κ2) is 12.5. The number of likely N-dealkylation sites (tertiary alicyclic amines) is 1. The molecule has 0 spiro atoms. The lowest BCUT2D eigenvalue weighted by atomic mass is 10.0. The Kier molecular flexibility index (Phi) is 8.15. The van der Waals surface area contributed by atoms with Crippen molar-refractivity contribution in [1.82, 2.24) is 9.88 Å². The number of aryl methyl sites for hydroxylation is 1. The van der Waals surface area contributed by atoms with Crippen LogP contribution >= 0.6 is 0 Å². The van der Waals surface area contributed by atoms with Crippen molar-refractivity contribution in [1.29, 1.82) is 0 Å². The molecule has 42 heavy (non-hydrogen) atoms. The van der Waals surface area contributed by atoms with E-state index in [0.717, 1.165) is 52.9 Å². The summed E-state index contributed by atoms with van der Waals surface area (Å²) in [5.41, 5.74) is 7.75. The predicted octanol–water partition coefficient (Wildman–Crippen LogP) is 7.52. The summed E-state index contributed by atoms with van der Waals surface area (Å²) < 4.78 is 0. The molecule has 4 aromatic carbocycles. The number of aromatic hydroxyl groups is 1. The highest BCUT2D eigenvalue weighted by molar-refractivity contribution is 6.22. The van der Waals surface area contributed by atoms with E-state index in [1.54, 1.807) is 0 Å². The van der Waals surface area contributed by atoms with Crippen LogP contribution in [0.4, 0.5) is 11.4 Å². The molecule has 212 valence electrons. The average Bonchev–Trinajstić information content (AvgIpc) is 3.33. The van der Waals surface area contributed by atoms with Gasteiger partial charge in [0, 0.05) is 28.7 Å². The zero-order valence-corrected chi connectivity index (χ0v) is 23.9. The maximum absolute atomic E-state index is 12.9. The first-order valence-electron chi connectivity index (χ1n) is 14.7. The standard InChI is InChI=1S/C36H36N4O2/c1-25-10-6-7-13-28(25)22-33(41)37-30-18-19-32-31(23-30)34(36(42)39-32)35(27-11-4-2-5-12-27)38-29-16-14-26(15-17-29)24-40-20-8-3-9-21-40/h2,4-7,10-19,23,39,42H,3,8-9,20-22,24H2,1H3,(H,37,41). The SMILES string of the molecule is Cc1ccccc1CC(=O)Nc1ccc2[nH]c(O)c(C(=Nc3ccc(CN4CCCCC4)cc3)c3ccccc3)c2c1. The lowest BCUT2D eigenvalue weighted by molar-refractivity contribution is -0.115. The molecule has 1 fully saturated rings.